The van der Waals surface area contributed by atoms with Crippen LogP contribution in [0.4, 0.5) is 14.6 Å². The van der Waals surface area contributed by atoms with E-state index in [1.54, 1.807) is 12.1 Å². The van der Waals surface area contributed by atoms with Gasteiger partial charge in [0.15, 0.2) is 5.16 Å². The SMILES string of the molecule is O=C1CC(c2cc(F)ccc2F)c2c(nc(SCc3ccc(Cl)cc3)[nH]c2=O)N1. The fourth-order valence-electron chi connectivity index (χ4n) is 3.20. The van der Waals surface area contributed by atoms with Gasteiger partial charge < -0.3 is 10.3 Å². The second kappa shape index (κ2) is 7.96. The lowest BCUT2D eigenvalue weighted by atomic mass is 9.86. The fourth-order valence-corrected chi connectivity index (χ4v) is 4.14. The number of benzene rings is 2. The third kappa shape index (κ3) is 4.18. The van der Waals surface area contributed by atoms with Crippen molar-refractivity contribution in [3.05, 3.63) is 86.2 Å². The molecular formula is C20H14ClF2N3O2S. The van der Waals surface area contributed by atoms with Gasteiger partial charge in [-0.15, -0.1) is 0 Å². The van der Waals surface area contributed by atoms with E-state index in [-0.39, 0.29) is 23.4 Å². The van der Waals surface area contributed by atoms with Gasteiger partial charge in [0.1, 0.15) is 17.5 Å². The zero-order valence-corrected chi connectivity index (χ0v) is 16.4. The molecule has 3 aromatic rings. The van der Waals surface area contributed by atoms with Crippen LogP contribution in [0, 0.1) is 11.6 Å². The maximum atomic E-state index is 14.3. The first-order chi connectivity index (χ1) is 13.9. The van der Waals surface area contributed by atoms with Gasteiger partial charge in [-0.3, -0.25) is 9.59 Å². The molecular weight excluding hydrogens is 420 g/mol. The van der Waals surface area contributed by atoms with Crippen molar-refractivity contribution in [1.82, 2.24) is 9.97 Å². The number of fused-ring (bicyclic) bond motifs is 1. The van der Waals surface area contributed by atoms with Crippen LogP contribution in [0.1, 0.15) is 29.0 Å². The number of aromatic nitrogens is 2. The van der Waals surface area contributed by atoms with Crippen LogP contribution >= 0.6 is 23.4 Å². The molecule has 1 aliphatic heterocycles. The number of hydrogen-bond acceptors (Lipinski definition) is 4. The lowest BCUT2D eigenvalue weighted by Gasteiger charge is -2.24. The number of carbonyl (C=O) groups is 1. The summed E-state index contributed by atoms with van der Waals surface area (Å²) in [5, 5.41) is 3.50. The monoisotopic (exact) mass is 433 g/mol. The molecule has 1 atom stereocenters. The number of aromatic amines is 1. The van der Waals surface area contributed by atoms with Gasteiger partial charge in [0.05, 0.1) is 5.56 Å². The van der Waals surface area contributed by atoms with E-state index in [9.17, 15) is 18.4 Å². The molecule has 0 fully saturated rings. The molecule has 29 heavy (non-hydrogen) atoms. The minimum Gasteiger partial charge on any atom is -0.310 e. The van der Waals surface area contributed by atoms with Crippen LogP contribution in [-0.4, -0.2) is 15.9 Å². The Kier molecular flexibility index (Phi) is 5.38. The van der Waals surface area contributed by atoms with E-state index in [2.05, 4.69) is 15.3 Å². The van der Waals surface area contributed by atoms with Gasteiger partial charge in [-0.05, 0) is 41.5 Å². The molecule has 1 aliphatic rings. The van der Waals surface area contributed by atoms with Gasteiger partial charge >= 0.3 is 0 Å². The average molecular weight is 434 g/mol. The van der Waals surface area contributed by atoms with Crippen LogP contribution in [0.3, 0.4) is 0 Å². The van der Waals surface area contributed by atoms with E-state index in [1.165, 1.54) is 11.8 Å². The summed E-state index contributed by atoms with van der Waals surface area (Å²) in [5.41, 5.74) is 0.547. The molecule has 1 amide bonds. The van der Waals surface area contributed by atoms with Crippen LogP contribution in [0.25, 0.3) is 0 Å². The highest BCUT2D eigenvalue weighted by Gasteiger charge is 2.32. The summed E-state index contributed by atoms with van der Waals surface area (Å²) in [5.74, 6) is -2.07. The zero-order chi connectivity index (χ0) is 20.5. The highest BCUT2D eigenvalue weighted by Crippen LogP contribution is 2.36. The fraction of sp³-hybridized carbons (Fsp3) is 0.150. The molecule has 1 unspecified atom stereocenters. The number of H-pyrrole nitrogens is 1. The second-order valence-electron chi connectivity index (χ2n) is 6.52. The number of nitrogens with one attached hydrogen (secondary N) is 2. The van der Waals surface area contributed by atoms with Crippen molar-refractivity contribution < 1.29 is 13.6 Å². The summed E-state index contributed by atoms with van der Waals surface area (Å²) < 4.78 is 27.9. The molecule has 0 bridgehead atoms. The topological polar surface area (TPSA) is 74.8 Å². The van der Waals surface area contributed by atoms with E-state index < -0.39 is 29.0 Å². The first kappa shape index (κ1) is 19.6. The minimum absolute atomic E-state index is 0.0463. The lowest BCUT2D eigenvalue weighted by Crippen LogP contribution is -2.31. The Morgan fingerprint density at radius 1 is 1.14 bits per heavy atom. The molecule has 0 spiro atoms. The van der Waals surface area contributed by atoms with Crippen molar-refractivity contribution in [3.8, 4) is 0 Å². The number of rotatable bonds is 4. The number of halogens is 3. The number of amides is 1. The van der Waals surface area contributed by atoms with Gasteiger partial charge in [0, 0.05) is 23.1 Å². The van der Waals surface area contributed by atoms with Gasteiger partial charge in [-0.1, -0.05) is 35.5 Å². The summed E-state index contributed by atoms with van der Waals surface area (Å²) in [6.45, 7) is 0. The first-order valence-corrected chi connectivity index (χ1v) is 10.0. The zero-order valence-electron chi connectivity index (χ0n) is 14.8. The van der Waals surface area contributed by atoms with Crippen LogP contribution in [0.5, 0.6) is 0 Å². The van der Waals surface area contributed by atoms with Crippen molar-refractivity contribution >= 4 is 35.1 Å². The quantitative estimate of drug-likeness (QED) is 0.470. The first-order valence-electron chi connectivity index (χ1n) is 8.67. The van der Waals surface area contributed by atoms with Gasteiger partial charge in [-0.2, -0.15) is 0 Å². The van der Waals surface area contributed by atoms with Crippen molar-refractivity contribution in [3.63, 3.8) is 0 Å². The second-order valence-corrected chi connectivity index (χ2v) is 7.92. The smallest absolute Gasteiger partial charge is 0.257 e. The minimum atomic E-state index is -0.916. The van der Waals surface area contributed by atoms with E-state index in [0.717, 1.165) is 23.8 Å². The maximum absolute atomic E-state index is 14.3. The summed E-state index contributed by atoms with van der Waals surface area (Å²) in [6.07, 6.45) is -0.171. The van der Waals surface area contributed by atoms with Crippen molar-refractivity contribution in [2.24, 2.45) is 0 Å². The molecule has 2 N–H and O–H groups in total. The molecule has 0 radical (unpaired) electrons. The summed E-state index contributed by atoms with van der Waals surface area (Å²) in [4.78, 5) is 31.9. The molecule has 4 rings (SSSR count). The third-order valence-corrected chi connectivity index (χ3v) is 5.75. The van der Waals surface area contributed by atoms with E-state index >= 15 is 0 Å². The van der Waals surface area contributed by atoms with Gasteiger partial charge in [0.2, 0.25) is 5.91 Å². The van der Waals surface area contributed by atoms with Crippen LogP contribution in [-0.2, 0) is 10.5 Å². The summed E-state index contributed by atoms with van der Waals surface area (Å²) in [6, 6.07) is 10.2. The van der Waals surface area contributed by atoms with Gasteiger partial charge in [0.25, 0.3) is 5.56 Å². The standard InChI is InChI=1S/C20H14ClF2N3O2S/c21-11-3-1-10(2-4-11)9-29-20-25-18-17(19(28)26-20)14(8-16(27)24-18)13-7-12(22)5-6-15(13)23/h1-7,14H,8-9H2,(H2,24,25,26,27,28). The number of nitrogens with zero attached hydrogens (tertiary/aromatic N) is 1. The average Bonchev–Trinajstić information content (AvgIpc) is 2.68. The molecule has 5 nitrogen and oxygen atoms in total. The Morgan fingerprint density at radius 3 is 2.66 bits per heavy atom. The molecule has 9 heteroatoms. The normalized spacial score (nSPS) is 15.7. The molecule has 2 aromatic carbocycles. The molecule has 0 aliphatic carbocycles. The Bertz CT molecular complexity index is 1150. The molecule has 0 saturated heterocycles. The van der Waals surface area contributed by atoms with Gasteiger partial charge in [-0.25, -0.2) is 13.8 Å². The number of hydrogen-bond donors (Lipinski definition) is 2. The van der Waals surface area contributed by atoms with Crippen molar-refractivity contribution in [1.29, 1.82) is 0 Å². The Hall–Kier alpha value is -2.71. The van der Waals surface area contributed by atoms with Crippen LogP contribution in [0.2, 0.25) is 5.02 Å². The van der Waals surface area contributed by atoms with E-state index in [4.69, 9.17) is 11.6 Å². The van der Waals surface area contributed by atoms with Crippen LogP contribution in [0.15, 0.2) is 52.4 Å². The Balaban J connectivity index is 1.67. The molecule has 2 heterocycles. The van der Waals surface area contributed by atoms with Crippen molar-refractivity contribution in [2.75, 3.05) is 5.32 Å². The third-order valence-electron chi connectivity index (χ3n) is 4.55. The van der Waals surface area contributed by atoms with E-state index in [1.807, 2.05) is 12.1 Å². The number of thioether (sulfide) groups is 1. The predicted octanol–water partition coefficient (Wildman–Crippen LogP) is 4.47. The maximum Gasteiger partial charge on any atom is 0.257 e. The highest BCUT2D eigenvalue weighted by molar-refractivity contribution is 7.98. The number of carbonyl (C=O) groups excluding carboxylic acids is 1. The van der Waals surface area contributed by atoms with Crippen LogP contribution < -0.4 is 10.9 Å². The Morgan fingerprint density at radius 2 is 1.90 bits per heavy atom. The summed E-state index contributed by atoms with van der Waals surface area (Å²) >= 11 is 7.15. The highest BCUT2D eigenvalue weighted by atomic mass is 35.5. The van der Waals surface area contributed by atoms with Crippen molar-refractivity contribution in [2.45, 2.75) is 23.2 Å². The molecule has 1 aromatic heterocycles. The largest absolute Gasteiger partial charge is 0.310 e. The number of anilines is 1. The molecule has 148 valence electrons. The summed E-state index contributed by atoms with van der Waals surface area (Å²) in [7, 11) is 0. The van der Waals surface area contributed by atoms with E-state index in [0.29, 0.717) is 15.9 Å². The Labute approximate surface area is 173 Å². The predicted molar refractivity (Wildman–Crippen MR) is 107 cm³/mol. The molecule has 0 saturated carbocycles. The lowest BCUT2D eigenvalue weighted by molar-refractivity contribution is -0.116.